The number of hydrogen-bond donors (Lipinski definition) is 1. The highest BCUT2D eigenvalue weighted by Crippen LogP contribution is 2.55. The minimum absolute atomic E-state index is 0.0994. The van der Waals surface area contributed by atoms with Crippen molar-refractivity contribution >= 4 is 62.6 Å². The molecule has 0 radical (unpaired) electrons. The van der Waals surface area contributed by atoms with E-state index >= 15 is 0 Å². The second-order valence-electron chi connectivity index (χ2n) is 8.78. The average Bonchev–Trinajstić information content (AvgIpc) is 3.44. The summed E-state index contributed by atoms with van der Waals surface area (Å²) in [6.45, 7) is 1.49. The number of nitrogens with one attached hydrogen (secondary N) is 1. The van der Waals surface area contributed by atoms with Crippen LogP contribution in [0.5, 0.6) is 0 Å². The molecule has 1 saturated heterocycles. The fourth-order valence-electron chi connectivity index (χ4n) is 5.29. The van der Waals surface area contributed by atoms with Gasteiger partial charge in [-0.3, -0.25) is 14.4 Å². The number of carbonyl (C=O) groups is 4. The van der Waals surface area contributed by atoms with Crippen molar-refractivity contribution in [3.8, 4) is 0 Å². The van der Waals surface area contributed by atoms with E-state index in [9.17, 15) is 19.2 Å². The number of halogens is 2. The molecule has 2 aromatic rings. The maximum absolute atomic E-state index is 13.1. The van der Waals surface area contributed by atoms with Gasteiger partial charge in [0.15, 0.2) is 6.61 Å². The molecule has 1 aliphatic heterocycles. The van der Waals surface area contributed by atoms with Gasteiger partial charge >= 0.3 is 5.97 Å². The van der Waals surface area contributed by atoms with Gasteiger partial charge in [0.1, 0.15) is 0 Å². The lowest BCUT2D eigenvalue weighted by molar-refractivity contribution is -0.123. The summed E-state index contributed by atoms with van der Waals surface area (Å²) < 4.78 is 5.89. The van der Waals surface area contributed by atoms with Gasteiger partial charge in [0.25, 0.3) is 5.91 Å². The normalized spacial score (nSPS) is 24.8. The molecule has 2 bridgehead atoms. The highest BCUT2D eigenvalue weighted by Gasteiger charge is 2.60. The Labute approximate surface area is 209 Å². The van der Waals surface area contributed by atoms with Crippen molar-refractivity contribution < 1.29 is 23.9 Å². The number of anilines is 2. The molecule has 34 heavy (non-hydrogen) atoms. The second kappa shape index (κ2) is 8.67. The van der Waals surface area contributed by atoms with Gasteiger partial charge in [0, 0.05) is 4.47 Å². The summed E-state index contributed by atoms with van der Waals surface area (Å²) >= 11 is 9.37. The summed E-state index contributed by atoms with van der Waals surface area (Å²) in [5, 5.41) is 2.92. The van der Waals surface area contributed by atoms with E-state index in [0.29, 0.717) is 16.4 Å². The molecular weight excluding hydrogens is 524 g/mol. The average molecular weight is 544 g/mol. The molecule has 1 saturated carbocycles. The van der Waals surface area contributed by atoms with Gasteiger partial charge in [-0.15, -0.1) is 0 Å². The van der Waals surface area contributed by atoms with Crippen molar-refractivity contribution in [1.82, 2.24) is 0 Å². The van der Waals surface area contributed by atoms with Crippen LogP contribution in [-0.4, -0.2) is 30.3 Å². The van der Waals surface area contributed by atoms with Crippen molar-refractivity contribution in [2.24, 2.45) is 23.7 Å². The van der Waals surface area contributed by atoms with Crippen LogP contribution in [0.15, 0.2) is 58.6 Å². The minimum atomic E-state index is -0.740. The Morgan fingerprint density at radius 2 is 1.91 bits per heavy atom. The first-order valence-electron chi connectivity index (χ1n) is 10.8. The molecule has 4 atom stereocenters. The molecule has 1 heterocycles. The Morgan fingerprint density at radius 1 is 1.15 bits per heavy atom. The van der Waals surface area contributed by atoms with Crippen LogP contribution in [0.25, 0.3) is 0 Å². The van der Waals surface area contributed by atoms with Crippen LogP contribution in [0.4, 0.5) is 11.4 Å². The zero-order chi connectivity index (χ0) is 24.1. The first-order valence-corrected chi connectivity index (χ1v) is 12.0. The summed E-state index contributed by atoms with van der Waals surface area (Å²) in [4.78, 5) is 52.2. The summed E-state index contributed by atoms with van der Waals surface area (Å²) in [5.74, 6) is -2.17. The fraction of sp³-hybridized carbons (Fsp3) is 0.280. The molecule has 2 fully saturated rings. The van der Waals surface area contributed by atoms with E-state index < -0.39 is 18.5 Å². The highest BCUT2D eigenvalue weighted by atomic mass is 79.9. The maximum Gasteiger partial charge on any atom is 0.338 e. The van der Waals surface area contributed by atoms with Crippen LogP contribution >= 0.6 is 27.5 Å². The van der Waals surface area contributed by atoms with Crippen LogP contribution < -0.4 is 10.2 Å². The Bertz CT molecular complexity index is 1280. The minimum Gasteiger partial charge on any atom is -0.452 e. The summed E-state index contributed by atoms with van der Waals surface area (Å²) in [6, 6.07) is 11.1. The molecule has 3 amide bonds. The number of benzene rings is 2. The molecule has 1 N–H and O–H groups in total. The lowest BCUT2D eigenvalue weighted by atomic mass is 9.82. The molecule has 174 valence electrons. The quantitative estimate of drug-likeness (QED) is 0.338. The van der Waals surface area contributed by atoms with E-state index in [4.69, 9.17) is 16.3 Å². The van der Waals surface area contributed by atoms with Crippen molar-refractivity contribution in [2.75, 3.05) is 16.8 Å². The van der Waals surface area contributed by atoms with E-state index in [1.54, 1.807) is 30.3 Å². The zero-order valence-corrected chi connectivity index (χ0v) is 20.4. The molecule has 0 unspecified atom stereocenters. The lowest BCUT2D eigenvalue weighted by Crippen LogP contribution is -2.33. The topological polar surface area (TPSA) is 92.8 Å². The third-order valence-corrected chi connectivity index (χ3v) is 7.57. The van der Waals surface area contributed by atoms with Gasteiger partial charge in [-0.25, -0.2) is 9.69 Å². The highest BCUT2D eigenvalue weighted by molar-refractivity contribution is 9.10. The van der Waals surface area contributed by atoms with Gasteiger partial charge < -0.3 is 10.1 Å². The number of imide groups is 1. The Hall–Kier alpha value is -2.97. The predicted molar refractivity (Wildman–Crippen MR) is 129 cm³/mol. The monoisotopic (exact) mass is 542 g/mol. The molecule has 7 nitrogen and oxygen atoms in total. The zero-order valence-electron chi connectivity index (χ0n) is 18.1. The largest absolute Gasteiger partial charge is 0.452 e. The molecule has 0 spiro atoms. The van der Waals surface area contributed by atoms with Gasteiger partial charge in [0.05, 0.1) is 33.8 Å². The fourth-order valence-corrected chi connectivity index (χ4v) is 6.01. The number of hydrogen-bond acceptors (Lipinski definition) is 5. The second-order valence-corrected chi connectivity index (χ2v) is 10.1. The van der Waals surface area contributed by atoms with E-state index in [1.807, 2.05) is 6.92 Å². The number of amides is 3. The number of fused-ring (bicyclic) bond motifs is 5. The van der Waals surface area contributed by atoms with Crippen molar-refractivity contribution in [3.05, 3.63) is 69.2 Å². The van der Waals surface area contributed by atoms with Gasteiger partial charge in [0.2, 0.25) is 11.8 Å². The van der Waals surface area contributed by atoms with Gasteiger partial charge in [-0.2, -0.15) is 0 Å². The third kappa shape index (κ3) is 3.84. The molecule has 9 heteroatoms. The number of esters is 1. The standard InChI is InChI=1S/C25H20BrClN2O5/c1-12-7-14-9-17(12)22-21(14)23(31)29(24(22)32)16-4-2-3-13(8-16)25(33)34-11-20(30)28-19-6-5-15(26)10-18(19)27/h2-8,10,14,17,21-22H,9,11H2,1H3,(H,28,30)/t14-,17+,21-,22+/m0/s1. The molecule has 0 aromatic heterocycles. The summed E-state index contributed by atoms with van der Waals surface area (Å²) in [7, 11) is 0. The van der Waals surface area contributed by atoms with E-state index in [1.165, 1.54) is 22.6 Å². The number of carbonyl (C=O) groups excluding carboxylic acids is 4. The van der Waals surface area contributed by atoms with Crippen molar-refractivity contribution in [3.63, 3.8) is 0 Å². The first-order chi connectivity index (χ1) is 16.2. The van der Waals surface area contributed by atoms with Crippen LogP contribution in [0.3, 0.4) is 0 Å². The summed E-state index contributed by atoms with van der Waals surface area (Å²) in [5.41, 5.74) is 2.04. The van der Waals surface area contributed by atoms with E-state index in [2.05, 4.69) is 27.3 Å². The Balaban J connectivity index is 1.25. The molecule has 3 aliphatic rings. The van der Waals surface area contributed by atoms with Crippen molar-refractivity contribution in [1.29, 1.82) is 0 Å². The van der Waals surface area contributed by atoms with Crippen LogP contribution in [0.2, 0.25) is 5.02 Å². The number of rotatable bonds is 5. The predicted octanol–water partition coefficient (Wildman–Crippen LogP) is 4.60. The molecular formula is C25H20BrClN2O5. The summed E-state index contributed by atoms with van der Waals surface area (Å²) in [6.07, 6.45) is 2.97. The first kappa shape index (κ1) is 22.8. The number of ether oxygens (including phenoxy) is 1. The van der Waals surface area contributed by atoms with E-state index in [0.717, 1.165) is 10.9 Å². The lowest BCUT2D eigenvalue weighted by Gasteiger charge is -2.19. The van der Waals surface area contributed by atoms with Gasteiger partial charge in [-0.1, -0.05) is 45.2 Å². The van der Waals surface area contributed by atoms with Crippen LogP contribution in [0, 0.1) is 23.7 Å². The Morgan fingerprint density at radius 3 is 2.68 bits per heavy atom. The van der Waals surface area contributed by atoms with E-state index in [-0.39, 0.29) is 41.0 Å². The smallest absolute Gasteiger partial charge is 0.338 e. The van der Waals surface area contributed by atoms with Gasteiger partial charge in [-0.05, 0) is 61.6 Å². The van der Waals surface area contributed by atoms with Crippen LogP contribution in [-0.2, 0) is 19.1 Å². The maximum atomic E-state index is 13.1. The SMILES string of the molecule is CC1=C[C@H]2C[C@H]1[C@H]1C(=O)N(c3cccc(C(=O)OCC(=O)Nc4ccc(Br)cc4Cl)c3)C(=O)[C@H]12. The van der Waals surface area contributed by atoms with Crippen molar-refractivity contribution in [2.45, 2.75) is 13.3 Å². The number of allylic oxidation sites excluding steroid dienone is 2. The number of nitrogens with zero attached hydrogens (tertiary/aromatic N) is 1. The molecule has 5 rings (SSSR count). The molecule has 2 aliphatic carbocycles. The third-order valence-electron chi connectivity index (χ3n) is 6.76. The molecule has 2 aromatic carbocycles. The van der Waals surface area contributed by atoms with Crippen LogP contribution in [0.1, 0.15) is 23.7 Å². The Kier molecular flexibility index (Phi) is 5.81.